The molecule has 1 aromatic heterocycles. The van der Waals surface area contributed by atoms with Crippen LogP contribution >= 0.6 is 0 Å². The molecule has 0 aliphatic carbocycles. The van der Waals surface area contributed by atoms with Crippen molar-refractivity contribution >= 4 is 5.97 Å². The summed E-state index contributed by atoms with van der Waals surface area (Å²) in [5.74, 6) is -0.947. The average molecular weight is 230 g/mol. The van der Waals surface area contributed by atoms with Gasteiger partial charge in [-0.15, -0.1) is 0 Å². The minimum Gasteiger partial charge on any atom is -0.478 e. The first-order valence-electron chi connectivity index (χ1n) is 5.38. The van der Waals surface area contributed by atoms with E-state index in [9.17, 15) is 4.79 Å². The van der Waals surface area contributed by atoms with Gasteiger partial charge in [0.15, 0.2) is 0 Å². The molecule has 0 bridgehead atoms. The number of aromatic nitrogens is 2. The Bertz CT molecular complexity index is 558. The van der Waals surface area contributed by atoms with Crippen LogP contribution in [0, 0.1) is 13.8 Å². The number of carbonyl (C=O) groups is 1. The molecule has 2 rings (SSSR count). The van der Waals surface area contributed by atoms with Crippen LogP contribution < -0.4 is 0 Å². The number of nitrogens with zero attached hydrogens (tertiary/aromatic N) is 2. The molecule has 0 saturated heterocycles. The second-order valence-corrected chi connectivity index (χ2v) is 4.16. The molecule has 0 atom stereocenters. The van der Waals surface area contributed by atoms with Gasteiger partial charge in [-0.25, -0.2) is 4.79 Å². The first kappa shape index (κ1) is 11.4. The predicted octanol–water partition coefficient (Wildman–Crippen LogP) is 2.25. The summed E-state index contributed by atoms with van der Waals surface area (Å²) in [7, 11) is 0. The lowest BCUT2D eigenvalue weighted by atomic mass is 10.1. The Hall–Kier alpha value is -2.10. The molecule has 0 unspecified atom stereocenters. The number of aryl methyl sites for hydroxylation is 2. The maximum absolute atomic E-state index is 10.7. The van der Waals surface area contributed by atoms with Crippen molar-refractivity contribution in [1.82, 2.24) is 9.78 Å². The summed E-state index contributed by atoms with van der Waals surface area (Å²) in [4.78, 5) is 10.7. The maximum atomic E-state index is 10.7. The summed E-state index contributed by atoms with van der Waals surface area (Å²) in [6.45, 7) is 4.69. The normalized spacial score (nSPS) is 10.5. The Morgan fingerprint density at radius 2 is 2.18 bits per heavy atom. The molecule has 0 radical (unpaired) electrons. The third kappa shape index (κ3) is 2.53. The van der Waals surface area contributed by atoms with E-state index in [0.29, 0.717) is 6.54 Å². The van der Waals surface area contributed by atoms with Crippen molar-refractivity contribution in [3.8, 4) is 0 Å². The van der Waals surface area contributed by atoms with Crippen molar-refractivity contribution in [2.75, 3.05) is 0 Å². The topological polar surface area (TPSA) is 55.1 Å². The van der Waals surface area contributed by atoms with E-state index in [0.717, 1.165) is 5.56 Å². The minimum atomic E-state index is -0.947. The zero-order valence-electron chi connectivity index (χ0n) is 9.84. The highest BCUT2D eigenvalue weighted by atomic mass is 16.4. The standard InChI is InChI=1S/C13H14N2O2/c1-9-3-4-11(10(2)5-9)7-15-8-12(6-14-15)13(16)17/h3-6,8H,7H2,1-2H3,(H,16,17). The van der Waals surface area contributed by atoms with E-state index in [1.54, 1.807) is 10.9 Å². The highest BCUT2D eigenvalue weighted by Gasteiger charge is 2.07. The van der Waals surface area contributed by atoms with Gasteiger partial charge < -0.3 is 5.11 Å². The fraction of sp³-hybridized carbons (Fsp3) is 0.231. The van der Waals surface area contributed by atoms with E-state index < -0.39 is 5.97 Å². The second kappa shape index (κ2) is 4.41. The van der Waals surface area contributed by atoms with Crippen LogP contribution in [0.4, 0.5) is 0 Å². The summed E-state index contributed by atoms with van der Waals surface area (Å²) in [5, 5.41) is 12.8. The fourth-order valence-electron chi connectivity index (χ4n) is 1.76. The lowest BCUT2D eigenvalue weighted by Gasteiger charge is -2.06. The van der Waals surface area contributed by atoms with Gasteiger partial charge in [-0.1, -0.05) is 23.8 Å². The van der Waals surface area contributed by atoms with Gasteiger partial charge in [0.25, 0.3) is 0 Å². The van der Waals surface area contributed by atoms with Gasteiger partial charge in [-0.2, -0.15) is 5.10 Å². The Morgan fingerprint density at radius 3 is 2.76 bits per heavy atom. The molecular formula is C13H14N2O2. The quantitative estimate of drug-likeness (QED) is 0.879. The third-order valence-corrected chi connectivity index (χ3v) is 2.71. The second-order valence-electron chi connectivity index (χ2n) is 4.16. The van der Waals surface area contributed by atoms with Gasteiger partial charge in [0.1, 0.15) is 0 Å². The number of aromatic carboxylic acids is 1. The molecule has 4 heteroatoms. The number of carboxylic acids is 1. The molecule has 1 aromatic carbocycles. The van der Waals surface area contributed by atoms with Crippen LogP contribution in [0.15, 0.2) is 30.6 Å². The monoisotopic (exact) mass is 230 g/mol. The van der Waals surface area contributed by atoms with Crippen LogP contribution in [-0.4, -0.2) is 20.9 Å². The van der Waals surface area contributed by atoms with Gasteiger partial charge in [0.05, 0.1) is 18.3 Å². The molecule has 2 aromatic rings. The Balaban J connectivity index is 2.22. The van der Waals surface area contributed by atoms with Crippen LogP contribution in [0.3, 0.4) is 0 Å². The number of benzene rings is 1. The predicted molar refractivity (Wildman–Crippen MR) is 64.2 cm³/mol. The smallest absolute Gasteiger partial charge is 0.338 e. The zero-order valence-corrected chi connectivity index (χ0v) is 9.84. The first-order chi connectivity index (χ1) is 8.06. The third-order valence-electron chi connectivity index (χ3n) is 2.71. The molecule has 4 nitrogen and oxygen atoms in total. The highest BCUT2D eigenvalue weighted by molar-refractivity contribution is 5.86. The van der Waals surface area contributed by atoms with Crippen molar-refractivity contribution in [2.24, 2.45) is 0 Å². The van der Waals surface area contributed by atoms with Crippen molar-refractivity contribution in [2.45, 2.75) is 20.4 Å². The molecule has 0 aliphatic rings. The van der Waals surface area contributed by atoms with Gasteiger partial charge >= 0.3 is 5.97 Å². The molecule has 0 saturated carbocycles. The van der Waals surface area contributed by atoms with Crippen LogP contribution in [0.2, 0.25) is 0 Å². The van der Waals surface area contributed by atoms with Gasteiger partial charge in [0, 0.05) is 6.20 Å². The van der Waals surface area contributed by atoms with Gasteiger partial charge in [-0.3, -0.25) is 4.68 Å². The largest absolute Gasteiger partial charge is 0.478 e. The van der Waals surface area contributed by atoms with E-state index in [1.165, 1.54) is 17.3 Å². The molecule has 1 heterocycles. The van der Waals surface area contributed by atoms with Crippen molar-refractivity contribution in [3.63, 3.8) is 0 Å². The van der Waals surface area contributed by atoms with Gasteiger partial charge in [0.2, 0.25) is 0 Å². The van der Waals surface area contributed by atoms with E-state index in [-0.39, 0.29) is 5.56 Å². The molecule has 0 fully saturated rings. The zero-order chi connectivity index (χ0) is 12.4. The molecule has 17 heavy (non-hydrogen) atoms. The van der Waals surface area contributed by atoms with Crippen LogP contribution in [0.25, 0.3) is 0 Å². The van der Waals surface area contributed by atoms with Crippen molar-refractivity contribution in [3.05, 3.63) is 52.8 Å². The van der Waals surface area contributed by atoms with Gasteiger partial charge in [-0.05, 0) is 25.0 Å². The summed E-state index contributed by atoms with van der Waals surface area (Å²) < 4.78 is 1.64. The lowest BCUT2D eigenvalue weighted by molar-refractivity contribution is 0.0697. The van der Waals surface area contributed by atoms with E-state index >= 15 is 0 Å². The molecular weight excluding hydrogens is 216 g/mol. The Labute approximate surface area is 99.5 Å². The number of carboxylic acid groups (broad SMARTS) is 1. The lowest BCUT2D eigenvalue weighted by Crippen LogP contribution is -2.02. The molecule has 88 valence electrons. The SMILES string of the molecule is Cc1ccc(Cn2cc(C(=O)O)cn2)c(C)c1. The highest BCUT2D eigenvalue weighted by Crippen LogP contribution is 2.12. The van der Waals surface area contributed by atoms with Crippen molar-refractivity contribution in [1.29, 1.82) is 0 Å². The molecule has 0 spiro atoms. The summed E-state index contributed by atoms with van der Waals surface area (Å²) >= 11 is 0. The Morgan fingerprint density at radius 1 is 1.41 bits per heavy atom. The van der Waals surface area contributed by atoms with Crippen LogP contribution in [-0.2, 0) is 6.54 Å². The van der Waals surface area contributed by atoms with Crippen LogP contribution in [0.1, 0.15) is 27.0 Å². The van der Waals surface area contributed by atoms with Crippen molar-refractivity contribution < 1.29 is 9.90 Å². The minimum absolute atomic E-state index is 0.217. The number of hydrogen-bond donors (Lipinski definition) is 1. The number of hydrogen-bond acceptors (Lipinski definition) is 2. The van der Waals surface area contributed by atoms with E-state index in [1.807, 2.05) is 26.0 Å². The molecule has 0 aliphatic heterocycles. The molecule has 0 amide bonds. The molecule has 1 N–H and O–H groups in total. The first-order valence-corrected chi connectivity index (χ1v) is 5.38. The Kier molecular flexibility index (Phi) is 2.95. The summed E-state index contributed by atoms with van der Waals surface area (Å²) in [6, 6.07) is 6.20. The average Bonchev–Trinajstić information content (AvgIpc) is 2.71. The summed E-state index contributed by atoms with van der Waals surface area (Å²) in [6.07, 6.45) is 2.91. The maximum Gasteiger partial charge on any atom is 0.338 e. The van der Waals surface area contributed by atoms with E-state index in [4.69, 9.17) is 5.11 Å². The van der Waals surface area contributed by atoms with Crippen LogP contribution in [0.5, 0.6) is 0 Å². The summed E-state index contributed by atoms with van der Waals surface area (Å²) in [5.41, 5.74) is 3.78. The fourth-order valence-corrected chi connectivity index (χ4v) is 1.76. The van der Waals surface area contributed by atoms with E-state index in [2.05, 4.69) is 11.2 Å². The number of rotatable bonds is 3.